The molecular formula is C11H10Cl2OS2. The Morgan fingerprint density at radius 3 is 2.25 bits per heavy atom. The van der Waals surface area contributed by atoms with E-state index in [1.54, 1.807) is 17.4 Å². The van der Waals surface area contributed by atoms with Gasteiger partial charge in [-0.15, -0.1) is 22.7 Å². The van der Waals surface area contributed by atoms with E-state index in [9.17, 15) is 5.11 Å². The summed E-state index contributed by atoms with van der Waals surface area (Å²) in [6.07, 6.45) is -0.679. The molecule has 16 heavy (non-hydrogen) atoms. The molecule has 86 valence electrons. The minimum absolute atomic E-state index is 0.556. The van der Waals surface area contributed by atoms with Gasteiger partial charge in [0.25, 0.3) is 0 Å². The zero-order valence-corrected chi connectivity index (χ0v) is 11.9. The van der Waals surface area contributed by atoms with Gasteiger partial charge >= 0.3 is 0 Å². The van der Waals surface area contributed by atoms with Crippen molar-refractivity contribution in [2.45, 2.75) is 20.0 Å². The third kappa shape index (κ3) is 2.29. The quantitative estimate of drug-likeness (QED) is 0.842. The lowest BCUT2D eigenvalue weighted by Crippen LogP contribution is -1.98. The Kier molecular flexibility index (Phi) is 3.62. The molecule has 0 saturated carbocycles. The molecule has 5 heteroatoms. The standard InChI is InChI=1S/C11H10Cl2OS2/c1-5-3-7(6(2)15-5)10(14)8-4-9(12)16-11(8)13/h3-4,10,14H,1-2H3. The lowest BCUT2D eigenvalue weighted by molar-refractivity contribution is 0.220. The molecule has 1 nitrogen and oxygen atoms in total. The third-order valence-corrected chi connectivity index (χ3v) is 4.85. The van der Waals surface area contributed by atoms with Crippen molar-refractivity contribution in [3.8, 4) is 0 Å². The second kappa shape index (κ2) is 4.67. The Hall–Kier alpha value is -0.0600. The molecule has 0 aliphatic rings. The minimum Gasteiger partial charge on any atom is -0.384 e. The Morgan fingerprint density at radius 2 is 1.81 bits per heavy atom. The molecule has 1 N–H and O–H groups in total. The van der Waals surface area contributed by atoms with Crippen LogP contribution >= 0.6 is 45.9 Å². The molecule has 0 amide bonds. The van der Waals surface area contributed by atoms with Gasteiger partial charge in [0.05, 0.1) is 4.34 Å². The fourth-order valence-electron chi connectivity index (χ4n) is 1.63. The van der Waals surface area contributed by atoms with E-state index in [1.165, 1.54) is 16.2 Å². The molecule has 1 unspecified atom stereocenters. The summed E-state index contributed by atoms with van der Waals surface area (Å²) in [5.74, 6) is 0. The van der Waals surface area contributed by atoms with Crippen LogP contribution in [-0.4, -0.2) is 5.11 Å². The van der Waals surface area contributed by atoms with E-state index in [0.29, 0.717) is 14.2 Å². The number of aryl methyl sites for hydroxylation is 2. The maximum absolute atomic E-state index is 10.3. The van der Waals surface area contributed by atoms with Gasteiger partial charge in [-0.3, -0.25) is 0 Å². The Morgan fingerprint density at radius 1 is 1.12 bits per heavy atom. The first kappa shape index (κ1) is 12.4. The monoisotopic (exact) mass is 292 g/mol. The molecule has 0 saturated heterocycles. The molecule has 0 aliphatic heterocycles. The minimum atomic E-state index is -0.679. The van der Waals surface area contributed by atoms with Crippen molar-refractivity contribution in [3.63, 3.8) is 0 Å². The molecule has 0 aromatic carbocycles. The van der Waals surface area contributed by atoms with Gasteiger partial charge in [-0.05, 0) is 31.5 Å². The summed E-state index contributed by atoms with van der Waals surface area (Å²) in [6.45, 7) is 4.02. The van der Waals surface area contributed by atoms with Crippen LogP contribution in [-0.2, 0) is 0 Å². The van der Waals surface area contributed by atoms with E-state index in [-0.39, 0.29) is 0 Å². The predicted molar refractivity (Wildman–Crippen MR) is 72.2 cm³/mol. The van der Waals surface area contributed by atoms with Crippen LogP contribution in [0.25, 0.3) is 0 Å². The Bertz CT molecular complexity index is 470. The van der Waals surface area contributed by atoms with Gasteiger partial charge in [0.15, 0.2) is 0 Å². The van der Waals surface area contributed by atoms with E-state index < -0.39 is 6.10 Å². The summed E-state index contributed by atoms with van der Waals surface area (Å²) >= 11 is 14.8. The van der Waals surface area contributed by atoms with Gasteiger partial charge < -0.3 is 5.11 Å². The van der Waals surface area contributed by atoms with E-state index in [0.717, 1.165) is 10.4 Å². The smallest absolute Gasteiger partial charge is 0.107 e. The zero-order chi connectivity index (χ0) is 11.9. The average molecular weight is 293 g/mol. The van der Waals surface area contributed by atoms with Crippen molar-refractivity contribution in [1.82, 2.24) is 0 Å². The molecule has 0 aliphatic carbocycles. The third-order valence-electron chi connectivity index (χ3n) is 2.35. The highest BCUT2D eigenvalue weighted by molar-refractivity contribution is 7.20. The highest BCUT2D eigenvalue weighted by Crippen LogP contribution is 2.39. The van der Waals surface area contributed by atoms with Crippen LogP contribution < -0.4 is 0 Å². The SMILES string of the molecule is Cc1cc(C(O)c2cc(Cl)sc2Cl)c(C)s1. The lowest BCUT2D eigenvalue weighted by atomic mass is 10.1. The normalized spacial score (nSPS) is 13.1. The molecule has 2 heterocycles. The van der Waals surface area contributed by atoms with Gasteiger partial charge in [0.2, 0.25) is 0 Å². The van der Waals surface area contributed by atoms with Crippen LogP contribution in [0.15, 0.2) is 12.1 Å². The first-order chi connectivity index (χ1) is 7.49. The van der Waals surface area contributed by atoms with Crippen molar-refractivity contribution in [1.29, 1.82) is 0 Å². The highest BCUT2D eigenvalue weighted by Gasteiger charge is 2.19. The van der Waals surface area contributed by atoms with Crippen molar-refractivity contribution in [2.24, 2.45) is 0 Å². The second-order valence-electron chi connectivity index (χ2n) is 3.55. The largest absolute Gasteiger partial charge is 0.384 e. The fourth-order valence-corrected chi connectivity index (χ4v) is 4.11. The summed E-state index contributed by atoms with van der Waals surface area (Å²) in [7, 11) is 0. The summed E-state index contributed by atoms with van der Waals surface area (Å²) in [4.78, 5) is 2.30. The van der Waals surface area contributed by atoms with Gasteiger partial charge in [-0.1, -0.05) is 23.2 Å². The number of hydrogen-bond acceptors (Lipinski definition) is 3. The molecular weight excluding hydrogens is 283 g/mol. The van der Waals surface area contributed by atoms with Crippen LogP contribution in [0.2, 0.25) is 8.67 Å². The molecule has 0 radical (unpaired) electrons. The number of aliphatic hydroxyl groups is 1. The number of thiophene rings is 2. The van der Waals surface area contributed by atoms with Crippen LogP contribution in [0.1, 0.15) is 27.0 Å². The average Bonchev–Trinajstić information content (AvgIpc) is 2.68. The number of halogens is 2. The lowest BCUT2D eigenvalue weighted by Gasteiger charge is -2.09. The summed E-state index contributed by atoms with van der Waals surface area (Å²) in [5.41, 5.74) is 1.61. The van der Waals surface area contributed by atoms with E-state index in [1.807, 2.05) is 19.9 Å². The fraction of sp³-hybridized carbons (Fsp3) is 0.273. The maximum Gasteiger partial charge on any atom is 0.107 e. The molecule has 0 spiro atoms. The van der Waals surface area contributed by atoms with Crippen molar-refractivity contribution in [3.05, 3.63) is 41.7 Å². The number of aliphatic hydroxyl groups excluding tert-OH is 1. The van der Waals surface area contributed by atoms with Gasteiger partial charge in [0, 0.05) is 15.3 Å². The molecule has 1 atom stereocenters. The second-order valence-corrected chi connectivity index (χ2v) is 7.30. The van der Waals surface area contributed by atoms with Crippen molar-refractivity contribution >= 4 is 45.9 Å². The predicted octanol–water partition coefficient (Wildman–Crippen LogP) is 4.81. The first-order valence-corrected chi connectivity index (χ1v) is 7.07. The number of rotatable bonds is 2. The molecule has 2 aromatic rings. The molecule has 0 bridgehead atoms. The zero-order valence-electron chi connectivity index (χ0n) is 8.75. The first-order valence-electron chi connectivity index (χ1n) is 4.68. The molecule has 2 rings (SSSR count). The Balaban J connectivity index is 2.42. The van der Waals surface area contributed by atoms with E-state index >= 15 is 0 Å². The van der Waals surface area contributed by atoms with E-state index in [4.69, 9.17) is 23.2 Å². The highest BCUT2D eigenvalue weighted by atomic mass is 35.5. The van der Waals surface area contributed by atoms with Gasteiger partial charge in [0.1, 0.15) is 10.4 Å². The van der Waals surface area contributed by atoms with Crippen LogP contribution in [0, 0.1) is 13.8 Å². The molecule has 0 fully saturated rings. The summed E-state index contributed by atoms with van der Waals surface area (Å²) in [6, 6.07) is 3.72. The van der Waals surface area contributed by atoms with Crippen LogP contribution in [0.5, 0.6) is 0 Å². The van der Waals surface area contributed by atoms with Crippen molar-refractivity contribution in [2.75, 3.05) is 0 Å². The van der Waals surface area contributed by atoms with Gasteiger partial charge in [-0.2, -0.15) is 0 Å². The maximum atomic E-state index is 10.3. The number of hydrogen-bond donors (Lipinski definition) is 1. The van der Waals surface area contributed by atoms with E-state index in [2.05, 4.69) is 0 Å². The summed E-state index contributed by atoms with van der Waals surface area (Å²) in [5, 5.41) is 10.3. The van der Waals surface area contributed by atoms with Crippen LogP contribution in [0.3, 0.4) is 0 Å². The topological polar surface area (TPSA) is 20.2 Å². The Labute approximate surface area is 112 Å². The van der Waals surface area contributed by atoms with Crippen molar-refractivity contribution < 1.29 is 5.11 Å². The van der Waals surface area contributed by atoms with Gasteiger partial charge in [-0.25, -0.2) is 0 Å². The molecule has 2 aromatic heterocycles. The summed E-state index contributed by atoms with van der Waals surface area (Å²) < 4.78 is 1.16. The van der Waals surface area contributed by atoms with Crippen LogP contribution in [0.4, 0.5) is 0 Å².